The van der Waals surface area contributed by atoms with Gasteiger partial charge in [0.2, 0.25) is 0 Å². The summed E-state index contributed by atoms with van der Waals surface area (Å²) in [6.45, 7) is 0. The molecule has 0 amide bonds. The Balaban J connectivity index is 2.07. The summed E-state index contributed by atoms with van der Waals surface area (Å²) >= 11 is 0. The number of carbonyl (C=O) groups is 1. The number of hydrogen-bond donors (Lipinski definition) is 1. The van der Waals surface area contributed by atoms with Crippen molar-refractivity contribution >= 4 is 17.0 Å². The van der Waals surface area contributed by atoms with Gasteiger partial charge in [-0.1, -0.05) is 0 Å². The van der Waals surface area contributed by atoms with Crippen molar-refractivity contribution in [2.24, 2.45) is 5.92 Å². The number of rotatable bonds is 1. The van der Waals surface area contributed by atoms with Gasteiger partial charge in [-0.15, -0.1) is 0 Å². The molecule has 2 aromatic heterocycles. The minimum absolute atomic E-state index is 0.265. The monoisotopic (exact) mass is 228 g/mol. The lowest BCUT2D eigenvalue weighted by molar-refractivity contribution is -0.142. The van der Waals surface area contributed by atoms with E-state index in [2.05, 4.69) is 9.97 Å². The van der Waals surface area contributed by atoms with Crippen LogP contribution in [0.4, 0.5) is 0 Å². The molecule has 3 rings (SSSR count). The predicted octanol–water partition coefficient (Wildman–Crippen LogP) is 1.82. The van der Waals surface area contributed by atoms with Gasteiger partial charge in [0.05, 0.1) is 5.92 Å². The molecule has 0 saturated carbocycles. The zero-order valence-electron chi connectivity index (χ0n) is 9.26. The normalized spacial score (nSPS) is 18.9. The van der Waals surface area contributed by atoms with Crippen molar-refractivity contribution in [2.45, 2.75) is 19.3 Å². The first-order valence-corrected chi connectivity index (χ1v) is 5.70. The van der Waals surface area contributed by atoms with E-state index in [9.17, 15) is 4.79 Å². The lowest BCUT2D eigenvalue weighted by atomic mass is 9.86. The fourth-order valence-electron chi connectivity index (χ4n) is 2.37. The predicted molar refractivity (Wildman–Crippen MR) is 62.7 cm³/mol. The minimum atomic E-state index is -0.707. The largest absolute Gasteiger partial charge is 0.481 e. The van der Waals surface area contributed by atoms with E-state index in [4.69, 9.17) is 5.11 Å². The molecule has 1 aliphatic carbocycles. The van der Waals surface area contributed by atoms with Crippen LogP contribution < -0.4 is 0 Å². The van der Waals surface area contributed by atoms with E-state index in [1.54, 1.807) is 6.20 Å². The van der Waals surface area contributed by atoms with Crippen molar-refractivity contribution in [3.05, 3.63) is 35.7 Å². The number of carboxylic acid groups (broad SMARTS) is 1. The Kier molecular flexibility index (Phi) is 2.28. The lowest BCUT2D eigenvalue weighted by Gasteiger charge is -2.20. The molecule has 2 aromatic rings. The highest BCUT2D eigenvalue weighted by Crippen LogP contribution is 2.26. The summed E-state index contributed by atoms with van der Waals surface area (Å²) in [5.41, 5.74) is 2.82. The van der Waals surface area contributed by atoms with Crippen LogP contribution >= 0.6 is 0 Å². The Hall–Kier alpha value is -1.97. The highest BCUT2D eigenvalue weighted by atomic mass is 16.4. The van der Waals surface area contributed by atoms with Crippen molar-refractivity contribution in [1.82, 2.24) is 9.97 Å². The molecule has 1 unspecified atom stereocenters. The summed E-state index contributed by atoms with van der Waals surface area (Å²) in [5.74, 6) is -0.972. The molecular formula is C13H12N2O2. The Morgan fingerprint density at radius 2 is 2.35 bits per heavy atom. The average Bonchev–Trinajstić information content (AvgIpc) is 2.35. The van der Waals surface area contributed by atoms with Gasteiger partial charge in [-0.25, -0.2) is 9.97 Å². The summed E-state index contributed by atoms with van der Waals surface area (Å²) in [6.07, 6.45) is 3.72. The van der Waals surface area contributed by atoms with Crippen LogP contribution in [-0.4, -0.2) is 21.0 Å². The first-order valence-electron chi connectivity index (χ1n) is 5.70. The van der Waals surface area contributed by atoms with Crippen LogP contribution in [0.5, 0.6) is 0 Å². The van der Waals surface area contributed by atoms with Gasteiger partial charge in [-0.2, -0.15) is 0 Å². The summed E-state index contributed by atoms with van der Waals surface area (Å²) < 4.78 is 0. The highest BCUT2D eigenvalue weighted by Gasteiger charge is 2.25. The van der Waals surface area contributed by atoms with Gasteiger partial charge in [0.1, 0.15) is 0 Å². The van der Waals surface area contributed by atoms with Crippen molar-refractivity contribution in [3.63, 3.8) is 0 Å². The third-order valence-electron chi connectivity index (χ3n) is 3.30. The Bertz CT molecular complexity index is 595. The second-order valence-corrected chi connectivity index (χ2v) is 4.42. The SMILES string of the molecule is O=C(O)C1CCc2nc3ncccc3cc2C1. The zero-order valence-corrected chi connectivity index (χ0v) is 9.26. The molecule has 0 bridgehead atoms. The number of aryl methyl sites for hydroxylation is 1. The summed E-state index contributed by atoms with van der Waals surface area (Å²) in [4.78, 5) is 19.7. The first kappa shape index (κ1) is 10.2. The molecule has 4 nitrogen and oxygen atoms in total. The fraction of sp³-hybridized carbons (Fsp3) is 0.308. The van der Waals surface area contributed by atoms with E-state index >= 15 is 0 Å². The number of aliphatic carboxylic acids is 1. The number of aromatic nitrogens is 2. The van der Waals surface area contributed by atoms with Crippen LogP contribution in [0.3, 0.4) is 0 Å². The van der Waals surface area contributed by atoms with Crippen LogP contribution in [0, 0.1) is 5.92 Å². The Labute approximate surface area is 98.3 Å². The van der Waals surface area contributed by atoms with Crippen molar-refractivity contribution in [1.29, 1.82) is 0 Å². The van der Waals surface area contributed by atoms with Crippen LogP contribution in [0.1, 0.15) is 17.7 Å². The maximum Gasteiger partial charge on any atom is 0.306 e. The third kappa shape index (κ3) is 1.75. The van der Waals surface area contributed by atoms with Gasteiger partial charge in [0, 0.05) is 17.3 Å². The van der Waals surface area contributed by atoms with E-state index in [-0.39, 0.29) is 5.92 Å². The number of nitrogens with zero attached hydrogens (tertiary/aromatic N) is 2. The second kappa shape index (κ2) is 3.80. The standard InChI is InChI=1S/C13H12N2O2/c16-13(17)9-3-4-11-10(7-9)6-8-2-1-5-14-12(8)15-11/h1-2,5-6,9H,3-4,7H2,(H,16,17). The van der Waals surface area contributed by atoms with Gasteiger partial charge >= 0.3 is 5.97 Å². The molecule has 0 fully saturated rings. The summed E-state index contributed by atoms with van der Waals surface area (Å²) in [6, 6.07) is 5.85. The van der Waals surface area contributed by atoms with E-state index < -0.39 is 5.97 Å². The number of pyridine rings is 2. The van der Waals surface area contributed by atoms with E-state index in [1.165, 1.54) is 0 Å². The molecular weight excluding hydrogens is 216 g/mol. The zero-order chi connectivity index (χ0) is 11.8. The van der Waals surface area contributed by atoms with Gasteiger partial charge in [-0.05, 0) is 43.0 Å². The second-order valence-electron chi connectivity index (χ2n) is 4.42. The summed E-state index contributed by atoms with van der Waals surface area (Å²) in [5, 5.41) is 10.0. The van der Waals surface area contributed by atoms with Gasteiger partial charge < -0.3 is 5.11 Å². The van der Waals surface area contributed by atoms with Crippen molar-refractivity contribution < 1.29 is 9.90 Å². The maximum atomic E-state index is 11.0. The topological polar surface area (TPSA) is 63.1 Å². The number of fused-ring (bicyclic) bond motifs is 2. The van der Waals surface area contributed by atoms with E-state index in [0.29, 0.717) is 12.8 Å². The van der Waals surface area contributed by atoms with E-state index in [1.807, 2.05) is 18.2 Å². The van der Waals surface area contributed by atoms with Gasteiger partial charge in [-0.3, -0.25) is 4.79 Å². The number of hydrogen-bond acceptors (Lipinski definition) is 3. The maximum absolute atomic E-state index is 11.0. The quantitative estimate of drug-likeness (QED) is 0.808. The smallest absolute Gasteiger partial charge is 0.306 e. The van der Waals surface area contributed by atoms with Crippen LogP contribution in [0.15, 0.2) is 24.4 Å². The molecule has 0 spiro atoms. The first-order chi connectivity index (χ1) is 8.24. The molecule has 0 aliphatic heterocycles. The molecule has 0 saturated heterocycles. The third-order valence-corrected chi connectivity index (χ3v) is 3.30. The molecule has 0 radical (unpaired) electrons. The minimum Gasteiger partial charge on any atom is -0.481 e. The molecule has 1 N–H and O–H groups in total. The molecule has 86 valence electrons. The van der Waals surface area contributed by atoms with Crippen LogP contribution in [0.25, 0.3) is 11.0 Å². The molecule has 1 atom stereocenters. The Morgan fingerprint density at radius 3 is 3.18 bits per heavy atom. The molecule has 0 aromatic carbocycles. The molecule has 2 heterocycles. The van der Waals surface area contributed by atoms with Gasteiger partial charge in [0.25, 0.3) is 0 Å². The number of carboxylic acids is 1. The molecule has 1 aliphatic rings. The highest BCUT2D eigenvalue weighted by molar-refractivity contribution is 5.76. The fourth-order valence-corrected chi connectivity index (χ4v) is 2.37. The van der Waals surface area contributed by atoms with Crippen LogP contribution in [-0.2, 0) is 17.6 Å². The Morgan fingerprint density at radius 1 is 1.47 bits per heavy atom. The molecule has 4 heteroatoms. The lowest BCUT2D eigenvalue weighted by Crippen LogP contribution is -2.22. The van der Waals surface area contributed by atoms with E-state index in [0.717, 1.165) is 28.7 Å². The average molecular weight is 228 g/mol. The molecule has 17 heavy (non-hydrogen) atoms. The van der Waals surface area contributed by atoms with Crippen molar-refractivity contribution in [2.75, 3.05) is 0 Å². The van der Waals surface area contributed by atoms with Crippen LogP contribution in [0.2, 0.25) is 0 Å². The van der Waals surface area contributed by atoms with Gasteiger partial charge in [0.15, 0.2) is 5.65 Å². The van der Waals surface area contributed by atoms with Crippen molar-refractivity contribution in [3.8, 4) is 0 Å². The summed E-state index contributed by atoms with van der Waals surface area (Å²) in [7, 11) is 0.